The van der Waals surface area contributed by atoms with Crippen molar-refractivity contribution in [3.63, 3.8) is 0 Å². The van der Waals surface area contributed by atoms with Crippen LogP contribution in [0.2, 0.25) is 0 Å². The molecule has 0 aliphatic rings. The lowest BCUT2D eigenvalue weighted by atomic mass is 10.2. The predicted octanol–water partition coefficient (Wildman–Crippen LogP) is 1.61. The molecule has 0 spiro atoms. The van der Waals surface area contributed by atoms with Crippen LogP contribution < -0.4 is 9.88 Å². The summed E-state index contributed by atoms with van der Waals surface area (Å²) in [5, 5.41) is 4.64. The van der Waals surface area contributed by atoms with Crippen LogP contribution in [0.1, 0.15) is 19.4 Å². The Morgan fingerprint density at radius 1 is 1.24 bits per heavy atom. The van der Waals surface area contributed by atoms with Crippen molar-refractivity contribution in [1.82, 2.24) is 0 Å². The molecule has 21 heavy (non-hydrogen) atoms. The minimum Gasteiger partial charge on any atom is -0.491 e. The summed E-state index contributed by atoms with van der Waals surface area (Å²) in [7, 11) is -7.22. The molecule has 0 amide bonds. The summed E-state index contributed by atoms with van der Waals surface area (Å²) in [6, 6.07) is 3.00. The van der Waals surface area contributed by atoms with Crippen LogP contribution >= 0.6 is 15.9 Å². The Balaban J connectivity index is 3.05. The van der Waals surface area contributed by atoms with Crippen molar-refractivity contribution in [3.8, 4) is 5.75 Å². The van der Waals surface area contributed by atoms with Gasteiger partial charge in [-0.15, -0.1) is 0 Å². The molecule has 0 aliphatic carbocycles. The minimum absolute atomic E-state index is 0.0830. The number of aryl methyl sites for hydroxylation is 1. The number of halogens is 1. The zero-order valence-electron chi connectivity index (χ0n) is 12.0. The van der Waals surface area contributed by atoms with Gasteiger partial charge in [0, 0.05) is 4.47 Å². The molecule has 0 radical (unpaired) electrons. The summed E-state index contributed by atoms with van der Waals surface area (Å²) >= 11 is 3.19. The molecule has 0 bridgehead atoms. The Morgan fingerprint density at radius 3 is 2.29 bits per heavy atom. The lowest BCUT2D eigenvalue weighted by Gasteiger charge is -2.14. The first-order valence-corrected chi connectivity index (χ1v) is 10.2. The number of hydrogen-bond donors (Lipinski definition) is 1. The van der Waals surface area contributed by atoms with Crippen LogP contribution in [0, 0.1) is 6.92 Å². The minimum atomic E-state index is -3.97. The highest BCUT2D eigenvalue weighted by Gasteiger charge is 2.20. The van der Waals surface area contributed by atoms with Gasteiger partial charge in [0.2, 0.25) is 10.0 Å². The fraction of sp³-hybridized carbons (Fsp3) is 0.500. The van der Waals surface area contributed by atoms with E-state index in [9.17, 15) is 16.8 Å². The fourth-order valence-electron chi connectivity index (χ4n) is 1.59. The maximum absolute atomic E-state index is 11.7. The molecule has 0 aromatic heterocycles. The number of sulfone groups is 1. The Labute approximate surface area is 133 Å². The second kappa shape index (κ2) is 6.64. The second-order valence-electron chi connectivity index (χ2n) is 4.86. The van der Waals surface area contributed by atoms with Crippen molar-refractivity contribution in [1.29, 1.82) is 0 Å². The molecule has 0 atom stereocenters. The molecule has 0 unspecified atom stereocenters. The maximum atomic E-state index is 11.7. The van der Waals surface area contributed by atoms with E-state index in [1.54, 1.807) is 26.8 Å². The van der Waals surface area contributed by atoms with E-state index in [4.69, 9.17) is 9.88 Å². The number of nitrogens with two attached hydrogens (primary N) is 1. The first kappa shape index (κ1) is 18.4. The first-order valence-electron chi connectivity index (χ1n) is 6.12. The van der Waals surface area contributed by atoms with Gasteiger partial charge in [0.1, 0.15) is 17.3 Å². The van der Waals surface area contributed by atoms with E-state index < -0.39 is 25.1 Å². The van der Waals surface area contributed by atoms with E-state index >= 15 is 0 Å². The van der Waals surface area contributed by atoms with E-state index in [1.165, 1.54) is 6.07 Å². The highest BCUT2D eigenvalue weighted by atomic mass is 79.9. The number of primary sulfonamides is 1. The summed E-state index contributed by atoms with van der Waals surface area (Å²) in [4.78, 5) is -0.170. The molecule has 1 aromatic rings. The summed E-state index contributed by atoms with van der Waals surface area (Å²) in [6.07, 6.45) is 0. The fourth-order valence-corrected chi connectivity index (χ4v) is 3.87. The monoisotopic (exact) mass is 399 g/mol. The average Bonchev–Trinajstić information content (AvgIpc) is 2.29. The standard InChI is InChI=1S/C12H18BrNO5S2/c1-8(2)20(15,16)5-4-19-12-9(3)6-10(13)7-11(12)21(14,17)18/h6-8H,4-5H2,1-3H3,(H2,14,17,18). The number of rotatable bonds is 6. The van der Waals surface area contributed by atoms with E-state index in [0.29, 0.717) is 10.0 Å². The van der Waals surface area contributed by atoms with Gasteiger partial charge in [-0.25, -0.2) is 22.0 Å². The van der Waals surface area contributed by atoms with E-state index in [1.807, 2.05) is 0 Å². The van der Waals surface area contributed by atoms with Gasteiger partial charge in [-0.3, -0.25) is 0 Å². The quantitative estimate of drug-likeness (QED) is 0.781. The van der Waals surface area contributed by atoms with Crippen molar-refractivity contribution in [2.45, 2.75) is 30.9 Å². The first-order chi connectivity index (χ1) is 9.45. The van der Waals surface area contributed by atoms with Crippen LogP contribution in [0.15, 0.2) is 21.5 Å². The predicted molar refractivity (Wildman–Crippen MR) is 84.7 cm³/mol. The Bertz CT molecular complexity index is 726. The number of ether oxygens (including phenoxy) is 1. The van der Waals surface area contributed by atoms with Crippen LogP contribution in [0.25, 0.3) is 0 Å². The molecule has 120 valence electrons. The van der Waals surface area contributed by atoms with E-state index in [2.05, 4.69) is 15.9 Å². The van der Waals surface area contributed by atoms with Gasteiger partial charge in [0.05, 0.1) is 11.0 Å². The van der Waals surface area contributed by atoms with Gasteiger partial charge >= 0.3 is 0 Å². The Hall–Kier alpha value is -0.640. The molecule has 0 aliphatic heterocycles. The molecule has 2 N–H and O–H groups in total. The molecule has 9 heteroatoms. The third kappa shape index (κ3) is 4.94. The highest BCUT2D eigenvalue weighted by molar-refractivity contribution is 9.10. The van der Waals surface area contributed by atoms with Crippen LogP contribution in [0.5, 0.6) is 5.75 Å². The molecule has 0 saturated heterocycles. The molecule has 1 rings (SSSR count). The Morgan fingerprint density at radius 2 is 1.81 bits per heavy atom. The van der Waals surface area contributed by atoms with Gasteiger partial charge < -0.3 is 4.74 Å². The maximum Gasteiger partial charge on any atom is 0.241 e. The van der Waals surface area contributed by atoms with Crippen LogP contribution in [0.4, 0.5) is 0 Å². The molecule has 0 heterocycles. The zero-order valence-corrected chi connectivity index (χ0v) is 15.2. The number of hydrogen-bond acceptors (Lipinski definition) is 5. The van der Waals surface area contributed by atoms with Gasteiger partial charge in [0.15, 0.2) is 9.84 Å². The third-order valence-electron chi connectivity index (χ3n) is 2.84. The largest absolute Gasteiger partial charge is 0.491 e. The van der Waals surface area contributed by atoms with Gasteiger partial charge in [-0.2, -0.15) is 0 Å². The average molecular weight is 400 g/mol. The zero-order chi connectivity index (χ0) is 16.4. The third-order valence-corrected chi connectivity index (χ3v) is 6.39. The topological polar surface area (TPSA) is 104 Å². The van der Waals surface area contributed by atoms with Crippen LogP contribution in [-0.2, 0) is 19.9 Å². The molecular weight excluding hydrogens is 382 g/mol. The normalized spacial score (nSPS) is 12.7. The van der Waals surface area contributed by atoms with Gasteiger partial charge in [0.25, 0.3) is 0 Å². The van der Waals surface area contributed by atoms with E-state index in [0.717, 1.165) is 0 Å². The van der Waals surface area contributed by atoms with Crippen LogP contribution in [-0.4, -0.2) is 34.4 Å². The van der Waals surface area contributed by atoms with Crippen molar-refractivity contribution >= 4 is 35.8 Å². The summed E-state index contributed by atoms with van der Waals surface area (Å²) in [5.74, 6) is -0.107. The molecule has 0 saturated carbocycles. The SMILES string of the molecule is Cc1cc(Br)cc(S(N)(=O)=O)c1OCCS(=O)(=O)C(C)C. The van der Waals surface area contributed by atoms with E-state index in [-0.39, 0.29) is 23.0 Å². The summed E-state index contributed by atoms with van der Waals surface area (Å²) in [6.45, 7) is 4.68. The molecule has 6 nitrogen and oxygen atoms in total. The molecule has 1 aromatic carbocycles. The highest BCUT2D eigenvalue weighted by Crippen LogP contribution is 2.30. The van der Waals surface area contributed by atoms with Crippen molar-refractivity contribution in [2.75, 3.05) is 12.4 Å². The van der Waals surface area contributed by atoms with Crippen molar-refractivity contribution < 1.29 is 21.6 Å². The molecular formula is C12H18BrNO5S2. The lowest BCUT2D eigenvalue weighted by Crippen LogP contribution is -2.23. The van der Waals surface area contributed by atoms with Crippen molar-refractivity contribution in [3.05, 3.63) is 22.2 Å². The number of benzene rings is 1. The molecule has 0 fully saturated rings. The smallest absolute Gasteiger partial charge is 0.241 e. The lowest BCUT2D eigenvalue weighted by molar-refractivity contribution is 0.329. The summed E-state index contributed by atoms with van der Waals surface area (Å²) in [5.41, 5.74) is 0.551. The number of sulfonamides is 1. The van der Waals surface area contributed by atoms with Gasteiger partial charge in [-0.05, 0) is 38.5 Å². The second-order valence-corrected chi connectivity index (χ2v) is 9.98. The Kier molecular flexibility index (Phi) is 5.82. The van der Waals surface area contributed by atoms with Crippen molar-refractivity contribution in [2.24, 2.45) is 5.14 Å². The van der Waals surface area contributed by atoms with Gasteiger partial charge in [-0.1, -0.05) is 15.9 Å². The summed E-state index contributed by atoms with van der Waals surface area (Å²) < 4.78 is 52.5. The van der Waals surface area contributed by atoms with Crippen LogP contribution in [0.3, 0.4) is 0 Å².